The van der Waals surface area contributed by atoms with E-state index in [0.717, 1.165) is 12.4 Å². The smallest absolute Gasteiger partial charge is 0.417 e. The average Bonchev–Trinajstić information content (AvgIpc) is 3.53. The Balaban J connectivity index is 2.55. The van der Waals surface area contributed by atoms with Crippen molar-refractivity contribution in [2.24, 2.45) is 0 Å². The molecule has 4 rings (SSSR count). The summed E-state index contributed by atoms with van der Waals surface area (Å²) in [6.07, 6.45) is -25.0. The van der Waals surface area contributed by atoms with E-state index in [-0.39, 0.29) is 33.6 Å². The molecule has 1 aliphatic rings. The number of imidazole rings is 1. The van der Waals surface area contributed by atoms with Crippen molar-refractivity contribution in [1.29, 1.82) is 0 Å². The molecule has 3 nitrogen and oxygen atoms in total. The van der Waals surface area contributed by atoms with Crippen molar-refractivity contribution in [3.05, 3.63) is 99.3 Å². The zero-order valence-electron chi connectivity index (χ0n) is 28.8. The zero-order valence-corrected chi connectivity index (χ0v) is 28.8. The lowest BCUT2D eigenvalue weighted by molar-refractivity contribution is -0.613. The number of para-hydroxylation sites is 2. The first-order valence-electron chi connectivity index (χ1n) is 16.0. The standard InChI is InChI=1S/C36H36F12N2O/c1-17(2)21-11-9-12-22(18(3)4)27(21)49-15-16-50(28-23(19(5)6)13-10-14-24(28)20(7)8)31(49)32(36(46,47)48)29(35(43,44)45)25(33(37,38)39)26(30(32)51)34(40,41)42/h9-20H,1-8H3. The Morgan fingerprint density at radius 3 is 1.31 bits per heavy atom. The number of benzene rings is 2. The minimum absolute atomic E-state index is 0.211. The molecule has 0 saturated heterocycles. The molecule has 0 aliphatic heterocycles. The molecule has 0 saturated carbocycles. The van der Waals surface area contributed by atoms with E-state index < -0.39 is 82.1 Å². The first kappa shape index (κ1) is 39.9. The summed E-state index contributed by atoms with van der Waals surface area (Å²) in [6, 6.07) is 8.80. The van der Waals surface area contributed by atoms with Gasteiger partial charge in [0, 0.05) is 22.3 Å². The van der Waals surface area contributed by atoms with Crippen molar-refractivity contribution in [2.75, 3.05) is 0 Å². The molecule has 1 aliphatic carbocycles. The molecule has 1 unspecified atom stereocenters. The number of halogens is 12. The van der Waals surface area contributed by atoms with E-state index in [4.69, 9.17) is 0 Å². The third kappa shape index (κ3) is 6.42. The topological polar surface area (TPSA) is 31.9 Å². The third-order valence-corrected chi connectivity index (χ3v) is 9.04. The van der Waals surface area contributed by atoms with Gasteiger partial charge >= 0.3 is 24.7 Å². The Hall–Kier alpha value is -3.91. The summed E-state index contributed by atoms with van der Waals surface area (Å²) in [7, 11) is 0. The van der Waals surface area contributed by atoms with Crippen LogP contribution in [-0.4, -0.2) is 29.3 Å². The zero-order chi connectivity index (χ0) is 39.0. The molecule has 0 N–H and O–H groups in total. The van der Waals surface area contributed by atoms with Gasteiger partial charge in [0.15, 0.2) is 0 Å². The second-order valence-corrected chi connectivity index (χ2v) is 13.7. The number of hydrogen-bond acceptors (Lipinski definition) is 1. The number of allylic oxidation sites excluding steroid dienone is 3. The number of aromatic nitrogens is 2. The first-order chi connectivity index (χ1) is 23.1. The second kappa shape index (κ2) is 12.9. The molecule has 280 valence electrons. The lowest BCUT2D eigenvalue weighted by Gasteiger charge is -2.39. The fraction of sp³-hybridized carbons (Fsp3) is 0.472. The maximum atomic E-state index is 16.0. The van der Waals surface area contributed by atoms with Crippen LogP contribution in [0.15, 0.2) is 71.3 Å². The van der Waals surface area contributed by atoms with Gasteiger partial charge in [-0.05, 0) is 23.7 Å². The fourth-order valence-corrected chi connectivity index (χ4v) is 6.94. The Bertz CT molecular complexity index is 1730. The molecule has 0 spiro atoms. The van der Waals surface area contributed by atoms with E-state index >= 15 is 26.3 Å². The van der Waals surface area contributed by atoms with E-state index in [1.54, 1.807) is 55.4 Å². The van der Waals surface area contributed by atoms with E-state index in [1.807, 2.05) is 0 Å². The van der Waals surface area contributed by atoms with Gasteiger partial charge in [0.1, 0.15) is 23.8 Å². The van der Waals surface area contributed by atoms with Gasteiger partial charge in [0.25, 0.3) is 5.82 Å². The van der Waals surface area contributed by atoms with E-state index in [0.29, 0.717) is 9.13 Å². The molecule has 15 heteroatoms. The predicted octanol–water partition coefficient (Wildman–Crippen LogP) is 10.7. The van der Waals surface area contributed by atoms with Gasteiger partial charge in [-0.2, -0.15) is 61.8 Å². The second-order valence-electron chi connectivity index (χ2n) is 13.7. The van der Waals surface area contributed by atoms with Crippen LogP contribution in [0.5, 0.6) is 0 Å². The summed E-state index contributed by atoms with van der Waals surface area (Å²) in [5, 5.41) is 14.0. The molecule has 1 atom stereocenters. The van der Waals surface area contributed by atoms with Crippen LogP contribution in [0.4, 0.5) is 52.7 Å². The molecule has 2 aromatic carbocycles. The van der Waals surface area contributed by atoms with Gasteiger partial charge in [0.05, 0.1) is 16.7 Å². The maximum Gasteiger partial charge on any atom is 0.417 e. The predicted molar refractivity (Wildman–Crippen MR) is 164 cm³/mol. The molecule has 1 heterocycles. The van der Waals surface area contributed by atoms with Crippen molar-refractivity contribution in [2.45, 2.75) is 109 Å². The summed E-state index contributed by atoms with van der Waals surface area (Å²) < 4.78 is 182. The van der Waals surface area contributed by atoms with Gasteiger partial charge < -0.3 is 5.11 Å². The molecular formula is C36H36F12N2O. The van der Waals surface area contributed by atoms with E-state index in [1.165, 1.54) is 36.4 Å². The van der Waals surface area contributed by atoms with Crippen LogP contribution < -0.4 is 9.67 Å². The third-order valence-electron chi connectivity index (χ3n) is 9.04. The molecule has 0 radical (unpaired) electrons. The van der Waals surface area contributed by atoms with Crippen LogP contribution in [0, 0.1) is 0 Å². The molecule has 0 amide bonds. The van der Waals surface area contributed by atoms with Crippen LogP contribution in [0.1, 0.15) is 107 Å². The highest BCUT2D eigenvalue weighted by atomic mass is 19.4. The van der Waals surface area contributed by atoms with Crippen molar-refractivity contribution < 1.29 is 62.4 Å². The molecule has 51 heavy (non-hydrogen) atoms. The van der Waals surface area contributed by atoms with Crippen LogP contribution in [0.2, 0.25) is 0 Å². The monoisotopic (exact) mass is 740 g/mol. The highest BCUT2D eigenvalue weighted by Crippen LogP contribution is 2.64. The fourth-order valence-electron chi connectivity index (χ4n) is 6.94. The summed E-state index contributed by atoms with van der Waals surface area (Å²) in [6.45, 7) is 12.8. The summed E-state index contributed by atoms with van der Waals surface area (Å²) in [4.78, 5) is 0. The minimum Gasteiger partial charge on any atom is -0.874 e. The van der Waals surface area contributed by atoms with Crippen LogP contribution in [-0.2, 0) is 5.41 Å². The highest BCUT2D eigenvalue weighted by Gasteiger charge is 2.77. The van der Waals surface area contributed by atoms with Crippen LogP contribution in [0.25, 0.3) is 11.4 Å². The van der Waals surface area contributed by atoms with Gasteiger partial charge in [-0.1, -0.05) is 97.5 Å². The van der Waals surface area contributed by atoms with Crippen LogP contribution in [0.3, 0.4) is 0 Å². The van der Waals surface area contributed by atoms with Gasteiger partial charge in [0.2, 0.25) is 5.41 Å². The molecule has 0 bridgehead atoms. The minimum atomic E-state index is -6.76. The quantitative estimate of drug-likeness (QED) is 0.175. The summed E-state index contributed by atoms with van der Waals surface area (Å²) in [5.41, 5.74) is -16.2. The van der Waals surface area contributed by atoms with Gasteiger partial charge in [-0.25, -0.2) is 0 Å². The van der Waals surface area contributed by atoms with Crippen molar-refractivity contribution in [1.82, 2.24) is 4.57 Å². The molecule has 1 aromatic heterocycles. The van der Waals surface area contributed by atoms with Gasteiger partial charge in [-0.3, -0.25) is 0 Å². The lowest BCUT2D eigenvalue weighted by Crippen LogP contribution is -2.58. The number of alkyl halides is 12. The highest BCUT2D eigenvalue weighted by molar-refractivity contribution is 5.64. The number of rotatable bonds is 7. The van der Waals surface area contributed by atoms with Crippen LogP contribution >= 0.6 is 0 Å². The first-order valence-corrected chi connectivity index (χ1v) is 16.0. The average molecular weight is 741 g/mol. The molecular weight excluding hydrogens is 704 g/mol. The largest absolute Gasteiger partial charge is 0.874 e. The van der Waals surface area contributed by atoms with Gasteiger partial charge in [-0.15, -0.1) is 0 Å². The SMILES string of the molecule is CC(C)c1cccc(C(C)C)c1-n1cc[n+](-c2c(C(C)C)cccc2C(C)C)c1C1(C(F)(F)F)C([O-])=C(C(F)(F)F)C(C(F)(F)F)=C1C(F)(F)F. The number of hydrogen-bond donors (Lipinski definition) is 0. The van der Waals surface area contributed by atoms with E-state index in [2.05, 4.69) is 0 Å². The van der Waals surface area contributed by atoms with Crippen molar-refractivity contribution >= 4 is 0 Å². The summed E-state index contributed by atoms with van der Waals surface area (Å²) in [5.74, 6) is -7.51. The summed E-state index contributed by atoms with van der Waals surface area (Å²) >= 11 is 0. The Kier molecular flexibility index (Phi) is 10.1. The Morgan fingerprint density at radius 2 is 0.980 bits per heavy atom. The maximum absolute atomic E-state index is 16.0. The molecule has 3 aromatic rings. The lowest BCUT2D eigenvalue weighted by atomic mass is 9.76. The van der Waals surface area contributed by atoms with Crippen molar-refractivity contribution in [3.8, 4) is 11.4 Å². The Morgan fingerprint density at radius 1 is 0.588 bits per heavy atom. The Labute approximate surface area is 286 Å². The van der Waals surface area contributed by atoms with Crippen molar-refractivity contribution in [3.63, 3.8) is 0 Å². The normalized spacial score (nSPS) is 18.1. The van der Waals surface area contributed by atoms with E-state index in [9.17, 15) is 31.4 Å². The molecule has 0 fully saturated rings. The number of nitrogens with zero attached hydrogens (tertiary/aromatic N) is 2.